The average molecular weight is 296 g/mol. The van der Waals surface area contributed by atoms with Crippen molar-refractivity contribution in [1.29, 1.82) is 0 Å². The van der Waals surface area contributed by atoms with Gasteiger partial charge in [-0.3, -0.25) is 4.98 Å². The number of pyridine rings is 2. The summed E-state index contributed by atoms with van der Waals surface area (Å²) in [5.74, 6) is 1.75. The lowest BCUT2D eigenvalue weighted by Crippen LogP contribution is -1.97. The van der Waals surface area contributed by atoms with Crippen LogP contribution in [0.5, 0.6) is 17.2 Å². The van der Waals surface area contributed by atoms with Crippen LogP contribution in [0, 0.1) is 0 Å². The fourth-order valence-corrected chi connectivity index (χ4v) is 2.41. The molecule has 0 unspecified atom stereocenters. The molecule has 0 radical (unpaired) electrons. The van der Waals surface area contributed by atoms with Gasteiger partial charge in [-0.05, 0) is 24.3 Å². The first kappa shape index (κ1) is 14.1. The molecule has 3 rings (SSSR count). The summed E-state index contributed by atoms with van der Waals surface area (Å²) in [7, 11) is 4.77. The molecule has 0 atom stereocenters. The predicted octanol–water partition coefficient (Wildman–Crippen LogP) is 3.32. The first-order valence-corrected chi connectivity index (χ1v) is 6.79. The van der Waals surface area contributed by atoms with Crippen molar-refractivity contribution < 1.29 is 14.2 Å². The van der Waals surface area contributed by atoms with E-state index in [0.29, 0.717) is 17.2 Å². The molecule has 0 saturated heterocycles. The number of hydrogen-bond donors (Lipinski definition) is 0. The van der Waals surface area contributed by atoms with Crippen LogP contribution in [0.4, 0.5) is 0 Å². The highest BCUT2D eigenvalue weighted by molar-refractivity contribution is 5.91. The smallest absolute Gasteiger partial charge is 0.204 e. The summed E-state index contributed by atoms with van der Waals surface area (Å²) in [6, 6.07) is 11.4. The number of aromatic nitrogens is 2. The number of fused-ring (bicyclic) bond motifs is 1. The van der Waals surface area contributed by atoms with Crippen LogP contribution in [0.15, 0.2) is 42.6 Å². The summed E-state index contributed by atoms with van der Waals surface area (Å²) in [6.07, 6.45) is 1.75. The van der Waals surface area contributed by atoms with Crippen LogP contribution in [-0.4, -0.2) is 31.3 Å². The van der Waals surface area contributed by atoms with Gasteiger partial charge in [0.25, 0.3) is 0 Å². The van der Waals surface area contributed by atoms with Crippen molar-refractivity contribution in [3.8, 4) is 28.6 Å². The summed E-state index contributed by atoms with van der Waals surface area (Å²) < 4.78 is 16.2. The highest BCUT2D eigenvalue weighted by Gasteiger charge is 2.17. The van der Waals surface area contributed by atoms with E-state index >= 15 is 0 Å². The third kappa shape index (κ3) is 2.30. The van der Waals surface area contributed by atoms with Gasteiger partial charge in [-0.15, -0.1) is 0 Å². The normalized spacial score (nSPS) is 10.5. The third-order valence-electron chi connectivity index (χ3n) is 3.42. The topological polar surface area (TPSA) is 53.5 Å². The molecule has 22 heavy (non-hydrogen) atoms. The molecule has 2 heterocycles. The molecule has 0 aliphatic heterocycles. The second-order valence-electron chi connectivity index (χ2n) is 4.62. The standard InChI is InChI=1S/C17H16N2O3/c1-20-15-10-14-11(16(21-2)17(15)22-3)7-8-13(19-14)12-6-4-5-9-18-12/h4-10H,1-3H3. The number of hydrogen-bond acceptors (Lipinski definition) is 5. The van der Waals surface area contributed by atoms with E-state index < -0.39 is 0 Å². The highest BCUT2D eigenvalue weighted by atomic mass is 16.5. The molecule has 2 aromatic heterocycles. The zero-order valence-electron chi connectivity index (χ0n) is 12.7. The monoisotopic (exact) mass is 296 g/mol. The van der Waals surface area contributed by atoms with Crippen LogP contribution in [0.2, 0.25) is 0 Å². The molecule has 0 amide bonds. The van der Waals surface area contributed by atoms with Crippen molar-refractivity contribution in [2.24, 2.45) is 0 Å². The van der Waals surface area contributed by atoms with Crippen molar-refractivity contribution in [2.45, 2.75) is 0 Å². The van der Waals surface area contributed by atoms with Gasteiger partial charge in [-0.1, -0.05) is 6.07 Å². The maximum atomic E-state index is 5.48. The third-order valence-corrected chi connectivity index (χ3v) is 3.42. The molecule has 0 fully saturated rings. The van der Waals surface area contributed by atoms with Crippen molar-refractivity contribution in [3.05, 3.63) is 42.6 Å². The van der Waals surface area contributed by atoms with Gasteiger partial charge in [0, 0.05) is 17.6 Å². The van der Waals surface area contributed by atoms with Crippen LogP contribution < -0.4 is 14.2 Å². The number of rotatable bonds is 4. The SMILES string of the molecule is COc1cc2nc(-c3ccccn3)ccc2c(OC)c1OC. The van der Waals surface area contributed by atoms with Crippen LogP contribution in [0.25, 0.3) is 22.3 Å². The Morgan fingerprint density at radius 3 is 2.27 bits per heavy atom. The van der Waals surface area contributed by atoms with E-state index in [1.165, 1.54) is 0 Å². The molecule has 0 aliphatic carbocycles. The summed E-state index contributed by atoms with van der Waals surface area (Å²) in [4.78, 5) is 8.99. The van der Waals surface area contributed by atoms with Gasteiger partial charge in [-0.2, -0.15) is 0 Å². The Hall–Kier alpha value is -2.82. The lowest BCUT2D eigenvalue weighted by atomic mass is 10.1. The summed E-state index contributed by atoms with van der Waals surface area (Å²) in [5.41, 5.74) is 2.37. The summed E-state index contributed by atoms with van der Waals surface area (Å²) in [6.45, 7) is 0. The molecule has 0 bridgehead atoms. The molecule has 3 aromatic rings. The Morgan fingerprint density at radius 1 is 0.818 bits per heavy atom. The van der Waals surface area contributed by atoms with Gasteiger partial charge in [0.05, 0.1) is 38.2 Å². The largest absolute Gasteiger partial charge is 0.493 e. The molecule has 5 nitrogen and oxygen atoms in total. The van der Waals surface area contributed by atoms with Crippen LogP contribution in [-0.2, 0) is 0 Å². The van der Waals surface area contributed by atoms with E-state index in [1.807, 2.05) is 36.4 Å². The lowest BCUT2D eigenvalue weighted by molar-refractivity contribution is 0.327. The Bertz CT molecular complexity index is 804. The molecule has 5 heteroatoms. The van der Waals surface area contributed by atoms with E-state index in [1.54, 1.807) is 27.5 Å². The summed E-state index contributed by atoms with van der Waals surface area (Å²) in [5, 5.41) is 0.861. The second kappa shape index (κ2) is 5.89. The highest BCUT2D eigenvalue weighted by Crippen LogP contribution is 2.43. The van der Waals surface area contributed by atoms with Crippen molar-refractivity contribution in [3.63, 3.8) is 0 Å². The van der Waals surface area contributed by atoms with Gasteiger partial charge in [-0.25, -0.2) is 4.98 Å². The Morgan fingerprint density at radius 2 is 1.64 bits per heavy atom. The van der Waals surface area contributed by atoms with Crippen LogP contribution >= 0.6 is 0 Å². The number of ether oxygens (including phenoxy) is 3. The van der Waals surface area contributed by atoms with Gasteiger partial charge in [0.15, 0.2) is 11.5 Å². The molecule has 112 valence electrons. The van der Waals surface area contributed by atoms with Crippen LogP contribution in [0.1, 0.15) is 0 Å². The Labute approximate surface area is 128 Å². The maximum Gasteiger partial charge on any atom is 0.204 e. The van der Waals surface area contributed by atoms with E-state index in [4.69, 9.17) is 14.2 Å². The van der Waals surface area contributed by atoms with Gasteiger partial charge >= 0.3 is 0 Å². The Balaban J connectivity index is 2.25. The molecular formula is C17H16N2O3. The second-order valence-corrected chi connectivity index (χ2v) is 4.62. The minimum Gasteiger partial charge on any atom is -0.493 e. The Kier molecular flexibility index (Phi) is 3.78. The first-order valence-electron chi connectivity index (χ1n) is 6.79. The van der Waals surface area contributed by atoms with Crippen LogP contribution in [0.3, 0.4) is 0 Å². The average Bonchev–Trinajstić information content (AvgIpc) is 2.60. The predicted molar refractivity (Wildman–Crippen MR) is 84.6 cm³/mol. The molecule has 0 spiro atoms. The van der Waals surface area contributed by atoms with E-state index in [2.05, 4.69) is 9.97 Å². The maximum absolute atomic E-state index is 5.48. The molecule has 0 saturated carbocycles. The fourth-order valence-electron chi connectivity index (χ4n) is 2.41. The summed E-state index contributed by atoms with van der Waals surface area (Å²) >= 11 is 0. The minimum atomic E-state index is 0.560. The number of benzene rings is 1. The van der Waals surface area contributed by atoms with Crippen molar-refractivity contribution in [1.82, 2.24) is 9.97 Å². The molecule has 0 N–H and O–H groups in total. The van der Waals surface area contributed by atoms with Gasteiger partial charge < -0.3 is 14.2 Å². The van der Waals surface area contributed by atoms with E-state index in [-0.39, 0.29) is 0 Å². The van der Waals surface area contributed by atoms with Gasteiger partial charge in [0.1, 0.15) is 0 Å². The van der Waals surface area contributed by atoms with E-state index in [0.717, 1.165) is 22.3 Å². The molecule has 1 aromatic carbocycles. The quantitative estimate of drug-likeness (QED) is 0.739. The zero-order chi connectivity index (χ0) is 15.5. The minimum absolute atomic E-state index is 0.560. The lowest BCUT2D eigenvalue weighted by Gasteiger charge is -2.14. The van der Waals surface area contributed by atoms with Gasteiger partial charge in [0.2, 0.25) is 5.75 Å². The van der Waals surface area contributed by atoms with Crippen molar-refractivity contribution in [2.75, 3.05) is 21.3 Å². The molecular weight excluding hydrogens is 280 g/mol. The number of methoxy groups -OCH3 is 3. The first-order chi connectivity index (χ1) is 10.8. The van der Waals surface area contributed by atoms with Crippen molar-refractivity contribution >= 4 is 10.9 Å². The molecule has 0 aliphatic rings. The number of nitrogens with zero attached hydrogens (tertiary/aromatic N) is 2. The zero-order valence-corrected chi connectivity index (χ0v) is 12.7. The fraction of sp³-hybridized carbons (Fsp3) is 0.176. The van der Waals surface area contributed by atoms with E-state index in [9.17, 15) is 0 Å².